The second-order valence-electron chi connectivity index (χ2n) is 5.73. The third-order valence-corrected chi connectivity index (χ3v) is 4.46. The molecule has 24 heavy (non-hydrogen) atoms. The Labute approximate surface area is 150 Å². The number of carbonyl (C=O) groups is 1. The first kappa shape index (κ1) is 17.1. The van der Waals surface area contributed by atoms with Crippen molar-refractivity contribution in [3.63, 3.8) is 0 Å². The molecule has 1 aromatic heterocycles. The lowest BCUT2D eigenvalue weighted by molar-refractivity contribution is 0.0340. The highest BCUT2D eigenvalue weighted by atomic mass is 79.9. The zero-order chi connectivity index (χ0) is 16.8. The third kappa shape index (κ3) is 4.63. The van der Waals surface area contributed by atoms with Crippen molar-refractivity contribution in [3.8, 4) is 0 Å². The molecule has 1 aromatic carbocycles. The van der Waals surface area contributed by atoms with Crippen molar-refractivity contribution in [3.05, 3.63) is 63.9 Å². The van der Waals surface area contributed by atoms with Crippen molar-refractivity contribution in [1.29, 1.82) is 0 Å². The van der Waals surface area contributed by atoms with Crippen molar-refractivity contribution in [2.24, 2.45) is 0 Å². The number of hydrogen-bond acceptors (Lipinski definition) is 4. The fraction of sp³-hybridized carbons (Fsp3) is 0.333. The first-order valence-corrected chi connectivity index (χ1v) is 8.77. The van der Waals surface area contributed by atoms with Gasteiger partial charge in [-0.3, -0.25) is 14.7 Å². The molecule has 3 rings (SSSR count). The Morgan fingerprint density at radius 3 is 2.71 bits per heavy atom. The minimum Gasteiger partial charge on any atom is -0.379 e. The van der Waals surface area contributed by atoms with E-state index in [0.717, 1.165) is 42.9 Å². The standard InChI is InChI=1S/C18H20BrN3O2/c19-17-9-16(10-20-12-17)18(23)21-11-14-3-1-2-4-15(14)13-22-5-7-24-8-6-22/h1-4,9-10,12H,5-8,11,13H2,(H,21,23). The molecule has 1 aliphatic rings. The predicted molar refractivity (Wildman–Crippen MR) is 95.6 cm³/mol. The number of amides is 1. The first-order chi connectivity index (χ1) is 11.7. The van der Waals surface area contributed by atoms with Gasteiger partial charge in [-0.1, -0.05) is 24.3 Å². The van der Waals surface area contributed by atoms with Gasteiger partial charge >= 0.3 is 0 Å². The predicted octanol–water partition coefficient (Wildman–Crippen LogP) is 2.61. The summed E-state index contributed by atoms with van der Waals surface area (Å²) in [6.45, 7) is 4.86. The summed E-state index contributed by atoms with van der Waals surface area (Å²) in [5, 5.41) is 2.98. The number of morpholine rings is 1. The molecule has 6 heteroatoms. The van der Waals surface area contributed by atoms with Crippen LogP contribution in [0.3, 0.4) is 0 Å². The Kier molecular flexibility index (Phi) is 5.96. The molecule has 5 nitrogen and oxygen atoms in total. The van der Waals surface area contributed by atoms with Gasteiger partial charge in [-0.25, -0.2) is 0 Å². The van der Waals surface area contributed by atoms with Gasteiger partial charge < -0.3 is 10.1 Å². The van der Waals surface area contributed by atoms with Crippen LogP contribution in [-0.4, -0.2) is 42.1 Å². The molecule has 2 aromatic rings. The number of carbonyl (C=O) groups excluding carboxylic acids is 1. The van der Waals surface area contributed by atoms with E-state index in [0.29, 0.717) is 12.1 Å². The molecule has 0 saturated carbocycles. The monoisotopic (exact) mass is 389 g/mol. The van der Waals surface area contributed by atoms with Gasteiger partial charge in [0.05, 0.1) is 18.8 Å². The summed E-state index contributed by atoms with van der Waals surface area (Å²) in [6, 6.07) is 10.00. The summed E-state index contributed by atoms with van der Waals surface area (Å²) < 4.78 is 6.19. The van der Waals surface area contributed by atoms with Gasteiger partial charge in [-0.05, 0) is 33.1 Å². The minimum atomic E-state index is -0.120. The van der Waals surface area contributed by atoms with E-state index in [1.165, 1.54) is 5.56 Å². The van der Waals surface area contributed by atoms with Gasteiger partial charge in [0.1, 0.15) is 0 Å². The van der Waals surface area contributed by atoms with Crippen LogP contribution in [0.4, 0.5) is 0 Å². The minimum absolute atomic E-state index is 0.120. The molecule has 126 valence electrons. The molecule has 0 atom stereocenters. The summed E-state index contributed by atoms with van der Waals surface area (Å²) in [5.41, 5.74) is 2.93. The van der Waals surface area contributed by atoms with Crippen LogP contribution in [0.2, 0.25) is 0 Å². The summed E-state index contributed by atoms with van der Waals surface area (Å²) >= 11 is 3.34. The van der Waals surface area contributed by atoms with Gasteiger partial charge in [0.15, 0.2) is 0 Å². The molecular weight excluding hydrogens is 370 g/mol. The first-order valence-electron chi connectivity index (χ1n) is 7.98. The largest absolute Gasteiger partial charge is 0.379 e. The summed E-state index contributed by atoms with van der Waals surface area (Å²) in [4.78, 5) is 18.7. The molecule has 2 heterocycles. The van der Waals surface area contributed by atoms with Gasteiger partial charge in [0, 0.05) is 43.0 Å². The highest BCUT2D eigenvalue weighted by Gasteiger charge is 2.13. The number of hydrogen-bond donors (Lipinski definition) is 1. The van der Waals surface area contributed by atoms with E-state index in [1.807, 2.05) is 12.1 Å². The second-order valence-corrected chi connectivity index (χ2v) is 6.65. The summed E-state index contributed by atoms with van der Waals surface area (Å²) in [5.74, 6) is -0.120. The van der Waals surface area contributed by atoms with Crippen LogP contribution in [0.15, 0.2) is 47.2 Å². The third-order valence-electron chi connectivity index (χ3n) is 4.02. The molecule has 0 radical (unpaired) electrons. The Hall–Kier alpha value is -1.76. The maximum absolute atomic E-state index is 12.3. The molecule has 1 fully saturated rings. The molecule has 1 aliphatic heterocycles. The topological polar surface area (TPSA) is 54.5 Å². The lowest BCUT2D eigenvalue weighted by Gasteiger charge is -2.27. The number of halogens is 1. The zero-order valence-corrected chi connectivity index (χ0v) is 15.0. The average Bonchev–Trinajstić information content (AvgIpc) is 2.61. The van der Waals surface area contributed by atoms with Gasteiger partial charge in [0.25, 0.3) is 5.91 Å². The van der Waals surface area contributed by atoms with E-state index in [2.05, 4.69) is 43.3 Å². The van der Waals surface area contributed by atoms with Crippen LogP contribution < -0.4 is 5.32 Å². The van der Waals surface area contributed by atoms with Crippen LogP contribution in [0.1, 0.15) is 21.5 Å². The average molecular weight is 390 g/mol. The fourth-order valence-electron chi connectivity index (χ4n) is 2.70. The number of pyridine rings is 1. The Bertz CT molecular complexity index is 702. The van der Waals surface area contributed by atoms with Crippen LogP contribution in [-0.2, 0) is 17.8 Å². The maximum Gasteiger partial charge on any atom is 0.253 e. The SMILES string of the molecule is O=C(NCc1ccccc1CN1CCOCC1)c1cncc(Br)c1. The maximum atomic E-state index is 12.3. The Morgan fingerprint density at radius 2 is 1.96 bits per heavy atom. The van der Waals surface area contributed by atoms with Crippen LogP contribution >= 0.6 is 15.9 Å². The van der Waals surface area contributed by atoms with E-state index >= 15 is 0 Å². The summed E-state index contributed by atoms with van der Waals surface area (Å²) in [6.07, 6.45) is 3.23. The summed E-state index contributed by atoms with van der Waals surface area (Å²) in [7, 11) is 0. The van der Waals surface area contributed by atoms with Crippen LogP contribution in [0, 0.1) is 0 Å². The number of nitrogens with zero attached hydrogens (tertiary/aromatic N) is 2. The van der Waals surface area contributed by atoms with E-state index in [9.17, 15) is 4.79 Å². The highest BCUT2D eigenvalue weighted by Crippen LogP contribution is 2.14. The lowest BCUT2D eigenvalue weighted by Crippen LogP contribution is -2.36. The molecule has 1 saturated heterocycles. The number of benzene rings is 1. The van der Waals surface area contributed by atoms with E-state index < -0.39 is 0 Å². The molecule has 1 amide bonds. The van der Waals surface area contributed by atoms with E-state index in [-0.39, 0.29) is 5.91 Å². The van der Waals surface area contributed by atoms with Crippen molar-refractivity contribution in [2.75, 3.05) is 26.3 Å². The molecule has 0 unspecified atom stereocenters. The number of ether oxygens (including phenoxy) is 1. The van der Waals surface area contributed by atoms with Gasteiger partial charge in [-0.2, -0.15) is 0 Å². The van der Waals surface area contributed by atoms with Crippen molar-refractivity contribution >= 4 is 21.8 Å². The zero-order valence-electron chi connectivity index (χ0n) is 13.4. The van der Waals surface area contributed by atoms with Crippen LogP contribution in [0.25, 0.3) is 0 Å². The van der Waals surface area contributed by atoms with Crippen molar-refractivity contribution < 1.29 is 9.53 Å². The fourth-order valence-corrected chi connectivity index (χ4v) is 3.06. The van der Waals surface area contributed by atoms with E-state index in [1.54, 1.807) is 18.5 Å². The molecule has 0 aliphatic carbocycles. The number of rotatable bonds is 5. The lowest BCUT2D eigenvalue weighted by atomic mass is 10.1. The highest BCUT2D eigenvalue weighted by molar-refractivity contribution is 9.10. The van der Waals surface area contributed by atoms with Gasteiger partial charge in [-0.15, -0.1) is 0 Å². The van der Waals surface area contributed by atoms with Crippen molar-refractivity contribution in [2.45, 2.75) is 13.1 Å². The molecule has 0 bridgehead atoms. The van der Waals surface area contributed by atoms with Crippen LogP contribution in [0.5, 0.6) is 0 Å². The number of aromatic nitrogens is 1. The van der Waals surface area contributed by atoms with E-state index in [4.69, 9.17) is 4.74 Å². The normalized spacial score (nSPS) is 15.2. The number of nitrogens with one attached hydrogen (secondary N) is 1. The quantitative estimate of drug-likeness (QED) is 0.853. The molecule has 0 spiro atoms. The Balaban J connectivity index is 1.63. The van der Waals surface area contributed by atoms with Gasteiger partial charge in [0.2, 0.25) is 0 Å². The van der Waals surface area contributed by atoms with Crippen molar-refractivity contribution in [1.82, 2.24) is 15.2 Å². The molecular formula is C18H20BrN3O2. The Morgan fingerprint density at radius 1 is 1.21 bits per heavy atom. The second kappa shape index (κ2) is 8.37. The smallest absolute Gasteiger partial charge is 0.253 e. The molecule has 1 N–H and O–H groups in total.